The quantitative estimate of drug-likeness (QED) is 0.381. The van der Waals surface area contributed by atoms with Crippen LogP contribution in [-0.4, -0.2) is 55.2 Å². The zero-order valence-electron chi connectivity index (χ0n) is 22.9. The molecular weight excluding hydrogens is 460 g/mol. The highest BCUT2D eigenvalue weighted by Crippen LogP contribution is 2.38. The minimum absolute atomic E-state index is 0.127. The smallest absolute Gasteiger partial charge is 0.407 e. The lowest BCUT2D eigenvalue weighted by atomic mass is 9.82. The minimum Gasteiger partial charge on any atom is -0.479 e. The number of rotatable bonds is 12. The maximum absolute atomic E-state index is 12.2. The topological polar surface area (TPSA) is 109 Å². The molecule has 3 unspecified atom stereocenters. The number of nitrogens with two attached hydrogens (primary N) is 1. The lowest BCUT2D eigenvalue weighted by molar-refractivity contribution is -0.150. The van der Waals surface area contributed by atoms with Gasteiger partial charge in [-0.1, -0.05) is 31.5 Å². The van der Waals surface area contributed by atoms with Gasteiger partial charge in [0, 0.05) is 12.1 Å². The summed E-state index contributed by atoms with van der Waals surface area (Å²) in [6, 6.07) is 7.40. The van der Waals surface area contributed by atoms with Gasteiger partial charge in [-0.05, 0) is 84.3 Å². The van der Waals surface area contributed by atoms with Crippen LogP contribution in [0.3, 0.4) is 0 Å². The van der Waals surface area contributed by atoms with E-state index in [1.54, 1.807) is 13.8 Å². The first kappa shape index (κ1) is 29.9. The van der Waals surface area contributed by atoms with E-state index < -0.39 is 17.8 Å². The number of esters is 1. The number of ether oxygens (including phenoxy) is 4. The van der Waals surface area contributed by atoms with Crippen LogP contribution in [0.2, 0.25) is 0 Å². The molecule has 1 aromatic carbocycles. The number of carbonyl (C=O) groups is 2. The molecule has 0 heterocycles. The molecule has 0 radical (unpaired) electrons. The molecule has 1 aliphatic carbocycles. The Bertz CT molecular complexity index is 817. The molecule has 3 N–H and O–H groups in total. The highest BCUT2D eigenvalue weighted by Gasteiger charge is 2.28. The summed E-state index contributed by atoms with van der Waals surface area (Å²) in [4.78, 5) is 24.2. The Morgan fingerprint density at radius 1 is 1.11 bits per heavy atom. The second-order valence-corrected chi connectivity index (χ2v) is 10.6. The van der Waals surface area contributed by atoms with Crippen LogP contribution >= 0.6 is 0 Å². The van der Waals surface area contributed by atoms with Crippen LogP contribution in [0.4, 0.5) is 4.79 Å². The summed E-state index contributed by atoms with van der Waals surface area (Å²) < 4.78 is 22.6. The van der Waals surface area contributed by atoms with Gasteiger partial charge in [0.25, 0.3) is 0 Å². The van der Waals surface area contributed by atoms with Gasteiger partial charge in [-0.3, -0.25) is 0 Å². The number of hydrogen-bond acceptors (Lipinski definition) is 7. The average molecular weight is 507 g/mol. The first-order valence-electron chi connectivity index (χ1n) is 13.3. The van der Waals surface area contributed by atoms with Crippen LogP contribution in [0.25, 0.3) is 0 Å². The van der Waals surface area contributed by atoms with Crippen molar-refractivity contribution in [2.45, 2.75) is 116 Å². The van der Waals surface area contributed by atoms with Crippen molar-refractivity contribution >= 4 is 12.1 Å². The van der Waals surface area contributed by atoms with Crippen molar-refractivity contribution in [1.82, 2.24) is 5.32 Å². The molecule has 8 nitrogen and oxygen atoms in total. The van der Waals surface area contributed by atoms with Crippen LogP contribution in [0.1, 0.15) is 91.5 Å². The van der Waals surface area contributed by atoms with Crippen molar-refractivity contribution in [2.75, 3.05) is 13.2 Å². The predicted octanol–water partition coefficient (Wildman–Crippen LogP) is 5.08. The molecule has 1 aliphatic rings. The van der Waals surface area contributed by atoms with Crippen molar-refractivity contribution in [3.05, 3.63) is 29.8 Å². The summed E-state index contributed by atoms with van der Waals surface area (Å²) in [6.45, 7) is 11.8. The fraction of sp³-hybridized carbons (Fsp3) is 0.714. The van der Waals surface area contributed by atoms with Crippen LogP contribution < -0.4 is 15.8 Å². The highest BCUT2D eigenvalue weighted by atomic mass is 16.6. The molecule has 2 rings (SSSR count). The van der Waals surface area contributed by atoms with Gasteiger partial charge in [0.2, 0.25) is 0 Å². The molecular formula is C28H46N2O6. The average Bonchev–Trinajstić information content (AvgIpc) is 2.82. The molecule has 1 amide bonds. The molecule has 0 aromatic heterocycles. The number of nitrogens with one attached hydrogen (secondary N) is 1. The van der Waals surface area contributed by atoms with E-state index in [4.69, 9.17) is 24.7 Å². The maximum Gasteiger partial charge on any atom is 0.407 e. The highest BCUT2D eigenvalue weighted by molar-refractivity contribution is 5.74. The van der Waals surface area contributed by atoms with Gasteiger partial charge in [0.1, 0.15) is 11.4 Å². The van der Waals surface area contributed by atoms with Crippen LogP contribution in [0.5, 0.6) is 5.75 Å². The van der Waals surface area contributed by atoms with Crippen LogP contribution in [0, 0.1) is 0 Å². The van der Waals surface area contributed by atoms with E-state index in [1.807, 2.05) is 39.0 Å². The van der Waals surface area contributed by atoms with Gasteiger partial charge in [-0.15, -0.1) is 0 Å². The standard InChI is InChI=1S/C28H46N2O6/c1-7-11-24(30-27(32)36-28(4,5)6)23(29)18-34-21-16-14-20(15-17-21)22-12-9-10-13-25(22)35-19(3)26(31)33-8-2/h9-10,12-13,19-21,23-24H,7-8,11,14-18,29H2,1-6H3,(H,30,32). The molecule has 0 bridgehead atoms. The number of hydrogen-bond donors (Lipinski definition) is 2. The van der Waals surface area contributed by atoms with Gasteiger partial charge in [-0.25, -0.2) is 9.59 Å². The third kappa shape index (κ3) is 9.97. The van der Waals surface area contributed by atoms with Crippen molar-refractivity contribution in [3.8, 4) is 5.75 Å². The molecule has 1 aromatic rings. The Labute approximate surface area is 216 Å². The molecule has 0 aliphatic heterocycles. The molecule has 8 heteroatoms. The largest absolute Gasteiger partial charge is 0.479 e. The summed E-state index contributed by atoms with van der Waals surface area (Å²) in [5, 5.41) is 2.92. The first-order valence-corrected chi connectivity index (χ1v) is 13.3. The lowest BCUT2D eigenvalue weighted by Gasteiger charge is -2.32. The van der Waals surface area contributed by atoms with Gasteiger partial charge < -0.3 is 30.0 Å². The normalized spacial score (nSPS) is 20.6. The van der Waals surface area contributed by atoms with Crippen molar-refractivity contribution < 1.29 is 28.5 Å². The second kappa shape index (κ2) is 14.4. The molecule has 0 spiro atoms. The third-order valence-electron chi connectivity index (χ3n) is 6.30. The summed E-state index contributed by atoms with van der Waals surface area (Å²) in [6.07, 6.45) is 4.43. The summed E-state index contributed by atoms with van der Waals surface area (Å²) >= 11 is 0. The lowest BCUT2D eigenvalue weighted by Crippen LogP contribution is -2.51. The van der Waals surface area contributed by atoms with E-state index in [0.29, 0.717) is 19.1 Å². The second-order valence-electron chi connectivity index (χ2n) is 10.6. The van der Waals surface area contributed by atoms with Crippen molar-refractivity contribution in [3.63, 3.8) is 0 Å². The number of amides is 1. The third-order valence-corrected chi connectivity index (χ3v) is 6.30. The van der Waals surface area contributed by atoms with E-state index >= 15 is 0 Å². The molecule has 0 saturated heterocycles. The number of alkyl carbamates (subject to hydrolysis) is 1. The Kier molecular flexibility index (Phi) is 12.0. The molecule has 36 heavy (non-hydrogen) atoms. The van der Waals surface area contributed by atoms with E-state index in [-0.39, 0.29) is 24.2 Å². The van der Waals surface area contributed by atoms with E-state index in [9.17, 15) is 9.59 Å². The minimum atomic E-state index is -0.655. The first-order chi connectivity index (χ1) is 17.0. The number of para-hydroxylation sites is 1. The van der Waals surface area contributed by atoms with Gasteiger partial charge in [0.05, 0.1) is 19.3 Å². The van der Waals surface area contributed by atoms with E-state index in [0.717, 1.165) is 49.8 Å². The summed E-state index contributed by atoms with van der Waals surface area (Å²) in [5.74, 6) is 0.717. The van der Waals surface area contributed by atoms with Gasteiger partial charge in [0.15, 0.2) is 6.10 Å². The van der Waals surface area contributed by atoms with E-state index in [1.165, 1.54) is 0 Å². The van der Waals surface area contributed by atoms with E-state index in [2.05, 4.69) is 18.3 Å². The van der Waals surface area contributed by atoms with Crippen LogP contribution in [0.15, 0.2) is 24.3 Å². The molecule has 204 valence electrons. The zero-order valence-corrected chi connectivity index (χ0v) is 22.9. The van der Waals surface area contributed by atoms with Crippen LogP contribution in [-0.2, 0) is 19.0 Å². The number of carbonyl (C=O) groups excluding carboxylic acids is 2. The zero-order chi connectivity index (χ0) is 26.7. The van der Waals surface area contributed by atoms with Crippen molar-refractivity contribution in [1.29, 1.82) is 0 Å². The number of benzene rings is 1. The summed E-state index contributed by atoms with van der Waals surface area (Å²) in [5.41, 5.74) is 6.98. The molecule has 1 fully saturated rings. The SMILES string of the molecule is CCCC(NC(=O)OC(C)(C)C)C(N)COC1CCC(c2ccccc2OC(C)C(=O)OCC)CC1. The van der Waals surface area contributed by atoms with Crippen molar-refractivity contribution in [2.24, 2.45) is 5.73 Å². The van der Waals surface area contributed by atoms with Gasteiger partial charge >= 0.3 is 12.1 Å². The fourth-order valence-electron chi connectivity index (χ4n) is 4.49. The molecule has 3 atom stereocenters. The Hall–Kier alpha value is -2.32. The predicted molar refractivity (Wildman–Crippen MR) is 140 cm³/mol. The van der Waals surface area contributed by atoms with Gasteiger partial charge in [-0.2, -0.15) is 0 Å². The summed E-state index contributed by atoms with van der Waals surface area (Å²) in [7, 11) is 0. The Balaban J connectivity index is 1.87. The monoisotopic (exact) mass is 506 g/mol. The maximum atomic E-state index is 12.2. The molecule has 1 saturated carbocycles. The fourth-order valence-corrected chi connectivity index (χ4v) is 4.49. The Morgan fingerprint density at radius 2 is 1.78 bits per heavy atom. The Morgan fingerprint density at radius 3 is 2.39 bits per heavy atom.